The lowest BCUT2D eigenvalue weighted by atomic mass is 10.2. The predicted octanol–water partition coefficient (Wildman–Crippen LogP) is 3.11. The first-order valence-electron chi connectivity index (χ1n) is 9.13. The molecule has 0 atom stereocenters. The minimum atomic E-state index is -0.131. The van der Waals surface area contributed by atoms with E-state index in [1.165, 1.54) is 0 Å². The van der Waals surface area contributed by atoms with Crippen LogP contribution in [-0.2, 0) is 6.54 Å². The second-order valence-corrected chi connectivity index (χ2v) is 6.47. The van der Waals surface area contributed by atoms with Gasteiger partial charge in [-0.25, -0.2) is 15.0 Å². The number of benzene rings is 1. The van der Waals surface area contributed by atoms with E-state index in [0.29, 0.717) is 35.6 Å². The van der Waals surface area contributed by atoms with Crippen LogP contribution in [0, 0.1) is 6.92 Å². The molecule has 28 heavy (non-hydrogen) atoms. The number of hydrogen-bond acceptors (Lipinski definition) is 6. The first-order chi connectivity index (χ1) is 13.6. The summed E-state index contributed by atoms with van der Waals surface area (Å²) in [5.41, 5.74) is 2.34. The van der Waals surface area contributed by atoms with Crippen LogP contribution in [0.5, 0.6) is 0 Å². The first kappa shape index (κ1) is 17.8. The number of nitrogens with one attached hydrogen (secondary N) is 1. The third-order valence-electron chi connectivity index (χ3n) is 4.49. The highest BCUT2D eigenvalue weighted by Crippen LogP contribution is 2.20. The highest BCUT2D eigenvalue weighted by molar-refractivity contribution is 5.77. The normalized spacial score (nSPS) is 10.9. The molecule has 7 heteroatoms. The lowest BCUT2D eigenvalue weighted by molar-refractivity contribution is 0.766. The molecule has 0 aliphatic rings. The largest absolute Gasteiger partial charge is 0.349 e. The molecule has 4 aromatic rings. The maximum Gasteiger partial charge on any atom is 0.258 e. The van der Waals surface area contributed by atoms with Crippen LogP contribution in [0.4, 0.5) is 5.82 Å². The molecule has 0 amide bonds. The summed E-state index contributed by atoms with van der Waals surface area (Å²) in [6.07, 6.45) is 3.45. The number of nitrogens with zero attached hydrogens (tertiary/aromatic N) is 5. The van der Waals surface area contributed by atoms with E-state index < -0.39 is 0 Å². The number of hydrogen-bond donors (Lipinski definition) is 1. The van der Waals surface area contributed by atoms with Crippen molar-refractivity contribution in [2.45, 2.75) is 20.4 Å². The van der Waals surface area contributed by atoms with Gasteiger partial charge in [0, 0.05) is 36.3 Å². The zero-order valence-corrected chi connectivity index (χ0v) is 15.8. The Balaban J connectivity index is 1.70. The van der Waals surface area contributed by atoms with Gasteiger partial charge in [0.25, 0.3) is 5.56 Å². The molecule has 4 rings (SSSR count). The van der Waals surface area contributed by atoms with Crippen LogP contribution in [0.15, 0.2) is 59.7 Å². The molecular formula is C21H20N6O. The third kappa shape index (κ3) is 3.59. The zero-order chi connectivity index (χ0) is 19.5. The van der Waals surface area contributed by atoms with Gasteiger partial charge < -0.3 is 9.88 Å². The van der Waals surface area contributed by atoms with Gasteiger partial charge >= 0.3 is 0 Å². The van der Waals surface area contributed by atoms with Crippen LogP contribution in [0.25, 0.3) is 22.3 Å². The summed E-state index contributed by atoms with van der Waals surface area (Å²) in [4.78, 5) is 35.2. The number of aryl methyl sites for hydroxylation is 1. The average molecular weight is 372 g/mol. The van der Waals surface area contributed by atoms with Crippen LogP contribution < -0.4 is 10.5 Å². The lowest BCUT2D eigenvalue weighted by Crippen LogP contribution is -2.26. The van der Waals surface area contributed by atoms with E-state index in [-0.39, 0.29) is 5.56 Å². The van der Waals surface area contributed by atoms with Crippen molar-refractivity contribution in [3.05, 3.63) is 76.7 Å². The van der Waals surface area contributed by atoms with Crippen molar-refractivity contribution in [2.75, 3.05) is 11.4 Å². The molecule has 1 aromatic carbocycles. The van der Waals surface area contributed by atoms with Crippen molar-refractivity contribution in [2.24, 2.45) is 0 Å². The summed E-state index contributed by atoms with van der Waals surface area (Å²) in [5.74, 6) is 2.04. The van der Waals surface area contributed by atoms with Crippen molar-refractivity contribution in [3.8, 4) is 11.4 Å². The minimum absolute atomic E-state index is 0.131. The van der Waals surface area contributed by atoms with Crippen molar-refractivity contribution in [1.82, 2.24) is 24.9 Å². The Bertz CT molecular complexity index is 1170. The molecule has 7 nitrogen and oxygen atoms in total. The van der Waals surface area contributed by atoms with E-state index >= 15 is 0 Å². The van der Waals surface area contributed by atoms with Gasteiger partial charge in [-0.2, -0.15) is 0 Å². The van der Waals surface area contributed by atoms with Crippen LogP contribution >= 0.6 is 0 Å². The maximum absolute atomic E-state index is 12.4. The zero-order valence-electron chi connectivity index (χ0n) is 15.8. The molecule has 3 heterocycles. The Morgan fingerprint density at radius 2 is 1.82 bits per heavy atom. The third-order valence-corrected chi connectivity index (χ3v) is 4.49. The minimum Gasteiger partial charge on any atom is -0.349 e. The van der Waals surface area contributed by atoms with E-state index in [4.69, 9.17) is 4.98 Å². The second kappa shape index (κ2) is 7.56. The quantitative estimate of drug-likeness (QED) is 0.579. The summed E-state index contributed by atoms with van der Waals surface area (Å²) in [7, 11) is 0. The molecule has 3 aromatic heterocycles. The summed E-state index contributed by atoms with van der Waals surface area (Å²) >= 11 is 0. The molecular weight excluding hydrogens is 352 g/mol. The average Bonchev–Trinajstić information content (AvgIpc) is 2.72. The van der Waals surface area contributed by atoms with Crippen LogP contribution in [0.1, 0.15) is 18.4 Å². The van der Waals surface area contributed by atoms with Crippen molar-refractivity contribution in [3.63, 3.8) is 0 Å². The van der Waals surface area contributed by atoms with E-state index in [1.54, 1.807) is 18.5 Å². The van der Waals surface area contributed by atoms with E-state index in [1.807, 2.05) is 50.2 Å². The predicted molar refractivity (Wildman–Crippen MR) is 109 cm³/mol. The highest BCUT2D eigenvalue weighted by Gasteiger charge is 2.13. The van der Waals surface area contributed by atoms with Crippen molar-refractivity contribution in [1.29, 1.82) is 0 Å². The Labute approximate surface area is 162 Å². The fraction of sp³-hybridized carbons (Fsp3) is 0.190. The molecule has 0 radical (unpaired) electrons. The number of pyridine rings is 1. The Kier molecular flexibility index (Phi) is 4.80. The van der Waals surface area contributed by atoms with Crippen molar-refractivity contribution < 1.29 is 0 Å². The monoisotopic (exact) mass is 372 g/mol. The van der Waals surface area contributed by atoms with E-state index in [2.05, 4.69) is 24.8 Å². The van der Waals surface area contributed by atoms with E-state index in [9.17, 15) is 4.79 Å². The van der Waals surface area contributed by atoms with Crippen LogP contribution in [-0.4, -0.2) is 31.5 Å². The summed E-state index contributed by atoms with van der Waals surface area (Å²) in [6, 6.07) is 13.0. The highest BCUT2D eigenvalue weighted by atomic mass is 16.1. The smallest absolute Gasteiger partial charge is 0.258 e. The molecule has 1 N–H and O–H groups in total. The van der Waals surface area contributed by atoms with Gasteiger partial charge in [-0.05, 0) is 38.1 Å². The fourth-order valence-corrected chi connectivity index (χ4v) is 3.09. The summed E-state index contributed by atoms with van der Waals surface area (Å²) in [6.45, 7) is 5.15. The number of H-pyrrole nitrogens is 1. The van der Waals surface area contributed by atoms with Gasteiger partial charge in [0.15, 0.2) is 5.82 Å². The number of rotatable bonds is 5. The summed E-state index contributed by atoms with van der Waals surface area (Å²) < 4.78 is 0. The first-order valence-corrected chi connectivity index (χ1v) is 9.13. The van der Waals surface area contributed by atoms with Gasteiger partial charge in [0.05, 0.1) is 17.4 Å². The molecule has 0 saturated heterocycles. The molecule has 0 bridgehead atoms. The molecule has 0 fully saturated rings. The van der Waals surface area contributed by atoms with Crippen molar-refractivity contribution >= 4 is 16.7 Å². The molecule has 0 aliphatic carbocycles. The van der Waals surface area contributed by atoms with Gasteiger partial charge in [0.1, 0.15) is 11.6 Å². The molecule has 140 valence electrons. The Morgan fingerprint density at radius 3 is 2.61 bits per heavy atom. The summed E-state index contributed by atoms with van der Waals surface area (Å²) in [5, 5.41) is 0.590. The Morgan fingerprint density at radius 1 is 1.04 bits per heavy atom. The maximum atomic E-state index is 12.4. The molecule has 0 unspecified atom stereocenters. The van der Waals surface area contributed by atoms with Gasteiger partial charge in [-0.15, -0.1) is 0 Å². The lowest BCUT2D eigenvalue weighted by Gasteiger charge is -2.22. The SMILES string of the molecule is CCN(Cc1nc2ccccc2c(=O)[nH]1)c1cc(C)nc(-c2ccncc2)n1. The fourth-order valence-electron chi connectivity index (χ4n) is 3.09. The van der Waals surface area contributed by atoms with Gasteiger partial charge in [-0.1, -0.05) is 12.1 Å². The molecule has 0 aliphatic heterocycles. The number of fused-ring (bicyclic) bond motifs is 1. The van der Waals surface area contributed by atoms with Crippen LogP contribution in [0.3, 0.4) is 0 Å². The van der Waals surface area contributed by atoms with Gasteiger partial charge in [0.2, 0.25) is 0 Å². The van der Waals surface area contributed by atoms with E-state index in [0.717, 1.165) is 17.1 Å². The number of aromatic amines is 1. The van der Waals surface area contributed by atoms with Gasteiger partial charge in [-0.3, -0.25) is 9.78 Å². The second-order valence-electron chi connectivity index (χ2n) is 6.47. The number of aromatic nitrogens is 5. The molecule has 0 saturated carbocycles. The molecule has 0 spiro atoms. The number of para-hydroxylation sites is 1. The number of anilines is 1. The topological polar surface area (TPSA) is 87.7 Å². The van der Waals surface area contributed by atoms with Crippen LogP contribution in [0.2, 0.25) is 0 Å². The standard InChI is InChI=1S/C21H20N6O/c1-3-27(13-18-24-17-7-5-4-6-16(17)21(28)25-18)19-12-14(2)23-20(26-19)15-8-10-22-11-9-15/h4-12H,3,13H2,1-2H3,(H,24,25,28). The Hall–Kier alpha value is -3.61.